The van der Waals surface area contributed by atoms with E-state index in [1.165, 1.54) is 38.1 Å². The standard InChI is InChI=1S/C27H25Cl2NO7/c1-27(22-17(28)9-6-10-18(22)29)23(25(33)34)19(12-11-15-7-4-5-8-16(15)14-31)30(2)20(13-21(32)37-3)24(27)26(35)36/h4-10,14H,11-13H2,1-3H3,(H,33,34)(H,35,36). The van der Waals surface area contributed by atoms with Gasteiger partial charge in [0.1, 0.15) is 6.29 Å². The molecule has 0 aliphatic carbocycles. The second kappa shape index (κ2) is 11.2. The fraction of sp³-hybridized carbons (Fsp3) is 0.259. The zero-order valence-electron chi connectivity index (χ0n) is 20.4. The van der Waals surface area contributed by atoms with Gasteiger partial charge in [-0.1, -0.05) is 53.5 Å². The van der Waals surface area contributed by atoms with E-state index < -0.39 is 29.7 Å². The van der Waals surface area contributed by atoms with Crippen LogP contribution in [0, 0.1) is 0 Å². The summed E-state index contributed by atoms with van der Waals surface area (Å²) in [7, 11) is 2.67. The third-order valence-corrected chi connectivity index (χ3v) is 7.26. The van der Waals surface area contributed by atoms with Crippen molar-refractivity contribution in [3.8, 4) is 0 Å². The second-order valence-corrected chi connectivity index (χ2v) is 9.42. The molecule has 1 aliphatic rings. The lowest BCUT2D eigenvalue weighted by molar-refractivity contribution is -0.140. The fourth-order valence-electron chi connectivity index (χ4n) is 4.94. The lowest BCUT2D eigenvalue weighted by Crippen LogP contribution is -2.45. The van der Waals surface area contributed by atoms with Crippen molar-refractivity contribution in [2.75, 3.05) is 14.2 Å². The number of nitrogens with zero attached hydrogens (tertiary/aromatic N) is 1. The average molecular weight is 546 g/mol. The van der Waals surface area contributed by atoms with Crippen LogP contribution in [0.3, 0.4) is 0 Å². The summed E-state index contributed by atoms with van der Waals surface area (Å²) >= 11 is 13.0. The number of carboxylic acids is 2. The Morgan fingerprint density at radius 3 is 2.05 bits per heavy atom. The first-order valence-corrected chi connectivity index (χ1v) is 12.0. The summed E-state index contributed by atoms with van der Waals surface area (Å²) < 4.78 is 4.80. The Bertz CT molecular complexity index is 1330. The minimum absolute atomic E-state index is 0.0431. The van der Waals surface area contributed by atoms with Crippen LogP contribution in [0.4, 0.5) is 0 Å². The highest BCUT2D eigenvalue weighted by Crippen LogP contribution is 2.52. The van der Waals surface area contributed by atoms with Gasteiger partial charge in [-0.05, 0) is 37.5 Å². The molecule has 1 unspecified atom stereocenters. The number of halogens is 2. The van der Waals surface area contributed by atoms with E-state index in [0.717, 1.165) is 0 Å². The molecule has 0 amide bonds. The van der Waals surface area contributed by atoms with Crippen LogP contribution in [0.15, 0.2) is 65.0 Å². The van der Waals surface area contributed by atoms with Crippen molar-refractivity contribution in [1.29, 1.82) is 0 Å². The molecule has 10 heteroatoms. The predicted octanol–water partition coefficient (Wildman–Crippen LogP) is 4.88. The van der Waals surface area contributed by atoms with Gasteiger partial charge in [-0.3, -0.25) is 9.59 Å². The Morgan fingerprint density at radius 2 is 1.51 bits per heavy atom. The van der Waals surface area contributed by atoms with Crippen molar-refractivity contribution < 1.29 is 34.1 Å². The van der Waals surface area contributed by atoms with Crippen molar-refractivity contribution in [1.82, 2.24) is 4.90 Å². The monoisotopic (exact) mass is 545 g/mol. The first-order chi connectivity index (χ1) is 17.5. The van der Waals surface area contributed by atoms with Crippen LogP contribution >= 0.6 is 23.2 Å². The van der Waals surface area contributed by atoms with Crippen molar-refractivity contribution in [3.63, 3.8) is 0 Å². The van der Waals surface area contributed by atoms with Gasteiger partial charge in [0.15, 0.2) is 0 Å². The number of carbonyl (C=O) groups excluding carboxylic acids is 2. The molecule has 194 valence electrons. The molecule has 0 saturated carbocycles. The van der Waals surface area contributed by atoms with E-state index in [9.17, 15) is 29.4 Å². The molecule has 0 fully saturated rings. The van der Waals surface area contributed by atoms with E-state index in [2.05, 4.69) is 0 Å². The predicted molar refractivity (Wildman–Crippen MR) is 138 cm³/mol. The molecule has 1 atom stereocenters. The van der Waals surface area contributed by atoms with Gasteiger partial charge in [0, 0.05) is 39.6 Å². The summed E-state index contributed by atoms with van der Waals surface area (Å²) in [6.07, 6.45) is 0.655. The van der Waals surface area contributed by atoms with Gasteiger partial charge in [0.2, 0.25) is 0 Å². The van der Waals surface area contributed by atoms with Gasteiger partial charge < -0.3 is 19.8 Å². The molecule has 0 bridgehead atoms. The lowest BCUT2D eigenvalue weighted by atomic mass is 9.66. The van der Waals surface area contributed by atoms with Gasteiger partial charge in [0.05, 0.1) is 30.1 Å². The smallest absolute Gasteiger partial charge is 0.334 e. The maximum Gasteiger partial charge on any atom is 0.334 e. The zero-order valence-corrected chi connectivity index (χ0v) is 21.9. The van der Waals surface area contributed by atoms with Gasteiger partial charge in [-0.15, -0.1) is 0 Å². The van der Waals surface area contributed by atoms with E-state index in [1.807, 2.05) is 0 Å². The van der Waals surface area contributed by atoms with E-state index in [0.29, 0.717) is 17.4 Å². The summed E-state index contributed by atoms with van der Waals surface area (Å²) in [6, 6.07) is 11.4. The molecule has 0 saturated heterocycles. The van der Waals surface area contributed by atoms with Crippen molar-refractivity contribution >= 4 is 47.4 Å². The number of esters is 1. The molecule has 0 radical (unpaired) electrons. The Labute approximate surface area is 223 Å². The van der Waals surface area contributed by atoms with Crippen LogP contribution in [0.25, 0.3) is 0 Å². The third-order valence-electron chi connectivity index (χ3n) is 6.63. The normalized spacial score (nSPS) is 17.6. The molecule has 0 aromatic heterocycles. The van der Waals surface area contributed by atoms with Crippen LogP contribution in [0.2, 0.25) is 10.0 Å². The first kappa shape index (κ1) is 28.0. The SMILES string of the molecule is COC(=O)CC1=C(C(=O)O)C(C)(c2c(Cl)cccc2Cl)C(C(=O)O)=C(CCc2ccccc2C=O)N1C. The number of allylic oxidation sites excluding steroid dienone is 1. The molecule has 2 aromatic rings. The highest BCUT2D eigenvalue weighted by molar-refractivity contribution is 6.36. The van der Waals surface area contributed by atoms with Crippen LogP contribution in [-0.2, 0) is 31.0 Å². The molecule has 1 heterocycles. The van der Waals surface area contributed by atoms with E-state index in [1.54, 1.807) is 30.3 Å². The molecular formula is C27H25Cl2NO7. The van der Waals surface area contributed by atoms with Crippen LogP contribution in [-0.4, -0.2) is 53.5 Å². The largest absolute Gasteiger partial charge is 0.478 e. The van der Waals surface area contributed by atoms with Crippen molar-refractivity contribution in [2.24, 2.45) is 0 Å². The molecule has 8 nitrogen and oxygen atoms in total. The van der Waals surface area contributed by atoms with Gasteiger partial charge in [0.25, 0.3) is 0 Å². The number of aldehydes is 1. The highest BCUT2D eigenvalue weighted by Gasteiger charge is 2.51. The summed E-state index contributed by atoms with van der Waals surface area (Å²) in [5.74, 6) is -3.52. The maximum absolute atomic E-state index is 12.9. The van der Waals surface area contributed by atoms with Crippen LogP contribution in [0.5, 0.6) is 0 Å². The number of carboxylic acid groups (broad SMARTS) is 2. The minimum atomic E-state index is -1.84. The van der Waals surface area contributed by atoms with E-state index in [-0.39, 0.29) is 51.0 Å². The first-order valence-electron chi connectivity index (χ1n) is 11.2. The quantitative estimate of drug-likeness (QED) is 0.337. The van der Waals surface area contributed by atoms with E-state index >= 15 is 0 Å². The fourth-order valence-corrected chi connectivity index (χ4v) is 5.71. The Hall–Kier alpha value is -3.62. The molecule has 3 rings (SSSR count). The average Bonchev–Trinajstić information content (AvgIpc) is 2.84. The number of methoxy groups -OCH3 is 1. The second-order valence-electron chi connectivity index (χ2n) is 8.60. The van der Waals surface area contributed by atoms with Crippen molar-refractivity contribution in [3.05, 3.63) is 91.7 Å². The van der Waals surface area contributed by atoms with Gasteiger partial charge in [-0.2, -0.15) is 0 Å². The molecule has 2 N–H and O–H groups in total. The molecule has 0 spiro atoms. The van der Waals surface area contributed by atoms with E-state index in [4.69, 9.17) is 27.9 Å². The lowest BCUT2D eigenvalue weighted by Gasteiger charge is -2.43. The number of aliphatic carboxylic acids is 2. The number of hydrogen-bond acceptors (Lipinski definition) is 6. The van der Waals surface area contributed by atoms with Gasteiger partial charge >= 0.3 is 17.9 Å². The Kier molecular flexibility index (Phi) is 8.46. The van der Waals surface area contributed by atoms with Gasteiger partial charge in [-0.25, -0.2) is 9.59 Å². The van der Waals surface area contributed by atoms with Crippen LogP contribution < -0.4 is 0 Å². The number of benzene rings is 2. The molecule has 2 aromatic carbocycles. The van der Waals surface area contributed by atoms with Crippen molar-refractivity contribution in [2.45, 2.75) is 31.6 Å². The number of ether oxygens (including phenoxy) is 1. The molecule has 37 heavy (non-hydrogen) atoms. The number of rotatable bonds is 9. The maximum atomic E-state index is 12.9. The molecular weight excluding hydrogens is 521 g/mol. The molecule has 1 aliphatic heterocycles. The summed E-state index contributed by atoms with van der Waals surface area (Å²) in [6.45, 7) is 1.43. The number of aryl methyl sites for hydroxylation is 1. The third kappa shape index (κ3) is 5.12. The number of hydrogen-bond donors (Lipinski definition) is 2. The topological polar surface area (TPSA) is 121 Å². The Balaban J connectivity index is 2.38. The summed E-state index contributed by atoms with van der Waals surface area (Å²) in [4.78, 5) is 50.9. The number of carbonyl (C=O) groups is 4. The highest BCUT2D eigenvalue weighted by atomic mass is 35.5. The zero-order chi connectivity index (χ0) is 27.5. The Morgan fingerprint density at radius 1 is 0.946 bits per heavy atom. The summed E-state index contributed by atoms with van der Waals surface area (Å²) in [5, 5.41) is 21.0. The van der Waals surface area contributed by atoms with Crippen LogP contribution in [0.1, 0.15) is 41.3 Å². The summed E-state index contributed by atoms with van der Waals surface area (Å²) in [5.41, 5.74) is -0.936. The minimum Gasteiger partial charge on any atom is -0.478 e.